The van der Waals surface area contributed by atoms with E-state index in [9.17, 15) is 0 Å². The highest BCUT2D eigenvalue weighted by molar-refractivity contribution is 7.80. The average Bonchev–Trinajstić information content (AvgIpc) is 2.56. The molecule has 0 unspecified atom stereocenters. The number of terminal acetylenes is 2. The van der Waals surface area contributed by atoms with Crippen LogP contribution >= 0.6 is 12.6 Å². The van der Waals surface area contributed by atoms with E-state index in [1.807, 2.05) is 20.8 Å². The summed E-state index contributed by atoms with van der Waals surface area (Å²) in [4.78, 5) is 2.29. The molecule has 22 heavy (non-hydrogen) atoms. The van der Waals surface area contributed by atoms with Crippen LogP contribution in [0.25, 0.3) is 0 Å². The van der Waals surface area contributed by atoms with Gasteiger partial charge in [0.05, 0.1) is 6.54 Å². The molecule has 0 aromatic carbocycles. The summed E-state index contributed by atoms with van der Waals surface area (Å²) in [5, 5.41) is 0. The zero-order valence-electron chi connectivity index (χ0n) is 16.1. The van der Waals surface area contributed by atoms with Crippen LogP contribution in [-0.4, -0.2) is 30.3 Å². The van der Waals surface area contributed by atoms with Gasteiger partial charge in [0.15, 0.2) is 0 Å². The Kier molecular flexibility index (Phi) is 49.6. The first-order chi connectivity index (χ1) is 10.7. The van der Waals surface area contributed by atoms with Gasteiger partial charge >= 0.3 is 0 Å². The lowest BCUT2D eigenvalue weighted by Crippen LogP contribution is -2.26. The second kappa shape index (κ2) is 37.0. The molecule has 132 valence electrons. The van der Waals surface area contributed by atoms with E-state index in [1.165, 1.54) is 25.7 Å². The van der Waals surface area contributed by atoms with Gasteiger partial charge < -0.3 is 0 Å². The third kappa shape index (κ3) is 42.7. The first-order valence-electron chi connectivity index (χ1n) is 8.88. The maximum atomic E-state index is 5.22. The molecule has 2 heteroatoms. The van der Waals surface area contributed by atoms with Gasteiger partial charge in [-0.3, -0.25) is 4.90 Å². The van der Waals surface area contributed by atoms with Crippen molar-refractivity contribution < 1.29 is 0 Å². The molecule has 0 aliphatic carbocycles. The molecular formula is C20H41NS. The van der Waals surface area contributed by atoms with Gasteiger partial charge in [-0.25, -0.2) is 0 Å². The van der Waals surface area contributed by atoms with Crippen LogP contribution in [0.1, 0.15) is 80.1 Å². The van der Waals surface area contributed by atoms with E-state index in [0.717, 1.165) is 38.2 Å². The van der Waals surface area contributed by atoms with Crippen molar-refractivity contribution in [1.82, 2.24) is 4.90 Å². The number of nitrogens with zero attached hydrogens (tertiary/aromatic N) is 1. The van der Waals surface area contributed by atoms with E-state index in [1.54, 1.807) is 0 Å². The number of rotatable bonds is 8. The summed E-state index contributed by atoms with van der Waals surface area (Å²) in [7, 11) is 0. The molecule has 0 amide bonds. The largest absolute Gasteiger partial charge is 0.292 e. The fourth-order valence-corrected chi connectivity index (χ4v) is 1.50. The molecule has 0 spiro atoms. The lowest BCUT2D eigenvalue weighted by atomic mass is 10.3. The Bertz CT molecular complexity index is 223. The molecule has 0 fully saturated rings. The van der Waals surface area contributed by atoms with Gasteiger partial charge in [0, 0.05) is 6.42 Å². The second-order valence-corrected chi connectivity index (χ2v) is 4.92. The average molecular weight is 328 g/mol. The van der Waals surface area contributed by atoms with Crippen LogP contribution in [0, 0.1) is 24.7 Å². The molecule has 0 rings (SSSR count). The first-order valence-corrected chi connectivity index (χ1v) is 9.51. The highest BCUT2D eigenvalue weighted by atomic mass is 32.1. The monoisotopic (exact) mass is 327 g/mol. The van der Waals surface area contributed by atoms with Crippen molar-refractivity contribution in [3.8, 4) is 24.7 Å². The predicted octanol–water partition coefficient (Wildman–Crippen LogP) is 5.90. The van der Waals surface area contributed by atoms with Crippen molar-refractivity contribution in [2.75, 3.05) is 25.4 Å². The summed E-state index contributed by atoms with van der Waals surface area (Å²) >= 11 is 4.15. The molecular weight excluding hydrogens is 286 g/mol. The molecule has 0 radical (unpaired) electrons. The Morgan fingerprint density at radius 1 is 0.818 bits per heavy atom. The highest BCUT2D eigenvalue weighted by Gasteiger charge is 1.99. The maximum Gasteiger partial charge on any atom is 0.0598 e. The van der Waals surface area contributed by atoms with Gasteiger partial charge in [0.1, 0.15) is 0 Å². The van der Waals surface area contributed by atoms with Crippen molar-refractivity contribution in [2.24, 2.45) is 0 Å². The summed E-state index contributed by atoms with van der Waals surface area (Å²) < 4.78 is 0. The summed E-state index contributed by atoms with van der Waals surface area (Å²) in [5.41, 5.74) is 0. The van der Waals surface area contributed by atoms with Gasteiger partial charge in [0.2, 0.25) is 0 Å². The Morgan fingerprint density at radius 2 is 1.32 bits per heavy atom. The minimum Gasteiger partial charge on any atom is -0.292 e. The Balaban J connectivity index is -0.000000122. The smallest absolute Gasteiger partial charge is 0.0598 e. The molecule has 0 aliphatic heterocycles. The zero-order valence-corrected chi connectivity index (χ0v) is 17.0. The normalized spacial score (nSPS) is 8.09. The van der Waals surface area contributed by atoms with Crippen LogP contribution in [-0.2, 0) is 0 Å². The minimum absolute atomic E-state index is 0.779. The van der Waals surface area contributed by atoms with Crippen molar-refractivity contribution >= 4 is 12.6 Å². The Labute approximate surface area is 148 Å². The van der Waals surface area contributed by atoms with Crippen molar-refractivity contribution in [2.45, 2.75) is 80.1 Å². The molecule has 0 heterocycles. The molecule has 0 saturated heterocycles. The van der Waals surface area contributed by atoms with Crippen LogP contribution in [0.5, 0.6) is 0 Å². The Morgan fingerprint density at radius 3 is 1.55 bits per heavy atom. The quantitative estimate of drug-likeness (QED) is 0.429. The van der Waals surface area contributed by atoms with Crippen LogP contribution < -0.4 is 0 Å². The van der Waals surface area contributed by atoms with E-state index in [-0.39, 0.29) is 0 Å². The summed E-state index contributed by atoms with van der Waals surface area (Å²) in [5.74, 6) is 6.04. The standard InChI is InChI=1S/C9H17NS.C5H12.C4H6.C2H6/c1-3-6-10(7-4-2)8-5-9-11;1-3-5-4-2;1-3-4-2;1-2/h1,11H,4-9H2,2H3;3-5H2,1-2H3;1H,4H2,2H3;1-2H3. The lowest BCUT2D eigenvalue weighted by molar-refractivity contribution is 0.309. The summed E-state index contributed by atoms with van der Waals surface area (Å²) in [6, 6.07) is 0. The number of thiol groups is 1. The van der Waals surface area contributed by atoms with Crippen LogP contribution in [0.4, 0.5) is 0 Å². The number of unbranched alkanes of at least 4 members (excludes halogenated alkanes) is 2. The van der Waals surface area contributed by atoms with Gasteiger partial charge in [-0.2, -0.15) is 12.6 Å². The molecule has 0 bridgehead atoms. The van der Waals surface area contributed by atoms with Gasteiger partial charge in [-0.1, -0.05) is 66.7 Å². The van der Waals surface area contributed by atoms with Crippen LogP contribution in [0.2, 0.25) is 0 Å². The summed E-state index contributed by atoms with van der Waals surface area (Å²) in [6.07, 6.45) is 17.2. The highest BCUT2D eigenvalue weighted by Crippen LogP contribution is 1.94. The maximum absolute atomic E-state index is 5.22. The SMILES string of the molecule is C#CCC.C#CCN(CCC)CCCS.CC.CCCCC. The lowest BCUT2D eigenvalue weighted by Gasteiger charge is -2.17. The van der Waals surface area contributed by atoms with Crippen molar-refractivity contribution in [3.05, 3.63) is 0 Å². The number of hydrogen-bond donors (Lipinski definition) is 1. The molecule has 0 aliphatic rings. The molecule has 0 N–H and O–H groups in total. The van der Waals surface area contributed by atoms with Crippen LogP contribution in [0.15, 0.2) is 0 Å². The molecule has 0 saturated carbocycles. The van der Waals surface area contributed by atoms with E-state index >= 15 is 0 Å². The molecule has 0 atom stereocenters. The van der Waals surface area contributed by atoms with Gasteiger partial charge in [0.25, 0.3) is 0 Å². The minimum atomic E-state index is 0.779. The third-order valence-electron chi connectivity index (χ3n) is 2.40. The third-order valence-corrected chi connectivity index (χ3v) is 2.71. The van der Waals surface area contributed by atoms with Crippen molar-refractivity contribution in [3.63, 3.8) is 0 Å². The fraction of sp³-hybridized carbons (Fsp3) is 0.800. The van der Waals surface area contributed by atoms with E-state index in [2.05, 4.69) is 50.1 Å². The van der Waals surface area contributed by atoms with Crippen molar-refractivity contribution in [1.29, 1.82) is 0 Å². The molecule has 1 nitrogen and oxygen atoms in total. The predicted molar refractivity (Wildman–Crippen MR) is 110 cm³/mol. The fourth-order valence-electron chi connectivity index (χ4n) is 1.36. The topological polar surface area (TPSA) is 3.24 Å². The zero-order chi connectivity index (χ0) is 18.1. The van der Waals surface area contributed by atoms with Gasteiger partial charge in [-0.15, -0.1) is 18.8 Å². The van der Waals surface area contributed by atoms with E-state index < -0.39 is 0 Å². The first kappa shape index (κ1) is 29.4. The summed E-state index contributed by atoms with van der Waals surface area (Å²) in [6.45, 7) is 15.5. The Hall–Kier alpha value is -0.570. The van der Waals surface area contributed by atoms with Crippen LogP contribution in [0.3, 0.4) is 0 Å². The molecule has 0 aromatic heterocycles. The molecule has 0 aromatic rings. The van der Waals surface area contributed by atoms with Gasteiger partial charge in [-0.05, 0) is 31.7 Å². The second-order valence-electron chi connectivity index (χ2n) is 4.47. The van der Waals surface area contributed by atoms with E-state index in [0.29, 0.717) is 0 Å². The van der Waals surface area contributed by atoms with E-state index in [4.69, 9.17) is 12.8 Å². The number of hydrogen-bond acceptors (Lipinski definition) is 2.